The lowest BCUT2D eigenvalue weighted by Gasteiger charge is -2.44. The largest absolute Gasteiger partial charge is 0.207 e. The Hall–Kier alpha value is -1.18. The van der Waals surface area contributed by atoms with Crippen LogP contribution in [-0.2, 0) is 19.3 Å². The average molecular weight is 373 g/mol. The zero-order valence-corrected chi connectivity index (χ0v) is 16.8. The van der Waals surface area contributed by atoms with Gasteiger partial charge in [-0.3, -0.25) is 0 Å². The van der Waals surface area contributed by atoms with Gasteiger partial charge in [-0.25, -0.2) is 8.78 Å². The van der Waals surface area contributed by atoms with Crippen LogP contribution in [0.15, 0.2) is 18.7 Å². The van der Waals surface area contributed by atoms with Crippen molar-refractivity contribution in [3.05, 3.63) is 47.0 Å². The summed E-state index contributed by atoms with van der Waals surface area (Å²) in [6.07, 6.45) is 13.8. The van der Waals surface area contributed by atoms with Crippen LogP contribution in [0.4, 0.5) is 8.78 Å². The fourth-order valence-corrected chi connectivity index (χ4v) is 6.39. The van der Waals surface area contributed by atoms with E-state index in [2.05, 4.69) is 13.5 Å². The van der Waals surface area contributed by atoms with E-state index in [1.807, 2.05) is 0 Å². The molecular formula is C25H34F2. The molecule has 3 aliphatic carbocycles. The van der Waals surface area contributed by atoms with Gasteiger partial charge in [-0.05, 0) is 111 Å². The number of hydrogen-bond acceptors (Lipinski definition) is 0. The number of benzene rings is 1. The molecule has 0 saturated heterocycles. The third-order valence-electron chi connectivity index (χ3n) is 7.93. The molecule has 0 spiro atoms. The lowest BCUT2D eigenvalue weighted by atomic mass is 9.61. The summed E-state index contributed by atoms with van der Waals surface area (Å²) in [5.74, 6) is 3.54. The summed E-state index contributed by atoms with van der Waals surface area (Å²) < 4.78 is 29.4. The Kier molecular flexibility index (Phi) is 5.71. The molecule has 148 valence electrons. The molecule has 0 bridgehead atoms. The van der Waals surface area contributed by atoms with Crippen LogP contribution in [0.2, 0.25) is 0 Å². The summed E-state index contributed by atoms with van der Waals surface area (Å²) in [6.45, 7) is 6.08. The lowest BCUT2D eigenvalue weighted by molar-refractivity contribution is 0.0755. The predicted molar refractivity (Wildman–Crippen MR) is 108 cm³/mol. The van der Waals surface area contributed by atoms with Crippen molar-refractivity contribution >= 4 is 0 Å². The van der Waals surface area contributed by atoms with Gasteiger partial charge in [0.25, 0.3) is 0 Å². The van der Waals surface area contributed by atoms with Crippen molar-refractivity contribution < 1.29 is 8.78 Å². The van der Waals surface area contributed by atoms with Gasteiger partial charge >= 0.3 is 0 Å². The fraction of sp³-hybridized carbons (Fsp3) is 0.680. The van der Waals surface area contributed by atoms with Gasteiger partial charge in [0.1, 0.15) is 11.6 Å². The molecule has 5 atom stereocenters. The molecule has 0 aliphatic heterocycles. The highest BCUT2D eigenvalue weighted by molar-refractivity contribution is 5.37. The lowest BCUT2D eigenvalue weighted by Crippen LogP contribution is -2.34. The zero-order chi connectivity index (χ0) is 19.0. The van der Waals surface area contributed by atoms with Crippen molar-refractivity contribution in [2.45, 2.75) is 77.6 Å². The van der Waals surface area contributed by atoms with Gasteiger partial charge < -0.3 is 0 Å². The molecule has 2 fully saturated rings. The van der Waals surface area contributed by atoms with Crippen LogP contribution < -0.4 is 0 Å². The fourth-order valence-electron chi connectivity index (χ4n) is 6.39. The maximum Gasteiger partial charge on any atom is 0.132 e. The first-order valence-corrected chi connectivity index (χ1v) is 11.2. The van der Waals surface area contributed by atoms with Gasteiger partial charge in [0.15, 0.2) is 0 Å². The van der Waals surface area contributed by atoms with E-state index >= 15 is 0 Å². The molecule has 4 rings (SSSR count). The van der Waals surface area contributed by atoms with Crippen molar-refractivity contribution in [2.75, 3.05) is 0 Å². The number of allylic oxidation sites excluding steroid dienone is 1. The minimum absolute atomic E-state index is 0.268. The van der Waals surface area contributed by atoms with Crippen LogP contribution in [0, 0.1) is 41.2 Å². The van der Waals surface area contributed by atoms with Crippen molar-refractivity contribution in [3.8, 4) is 0 Å². The van der Waals surface area contributed by atoms with Gasteiger partial charge in [0, 0.05) is 5.56 Å². The Morgan fingerprint density at radius 2 is 1.70 bits per heavy atom. The second kappa shape index (κ2) is 8.05. The zero-order valence-electron chi connectivity index (χ0n) is 16.8. The molecule has 5 unspecified atom stereocenters. The molecule has 27 heavy (non-hydrogen) atoms. The first-order valence-electron chi connectivity index (χ1n) is 11.2. The number of halogens is 2. The number of hydrogen-bond donors (Lipinski definition) is 0. The van der Waals surface area contributed by atoms with Crippen molar-refractivity contribution in [1.82, 2.24) is 0 Å². The quantitative estimate of drug-likeness (QED) is 0.497. The van der Waals surface area contributed by atoms with Crippen LogP contribution in [0.5, 0.6) is 0 Å². The van der Waals surface area contributed by atoms with E-state index in [4.69, 9.17) is 0 Å². The smallest absolute Gasteiger partial charge is 0.132 e. The first kappa shape index (κ1) is 19.2. The predicted octanol–water partition coefficient (Wildman–Crippen LogP) is 7.04. The standard InChI is InChI=1S/C25H34F2/c1-3-4-5-23-24(26)15-21-14-20(10-11-22(21)25(23)27)19-9-8-17-12-16(2)6-7-18(17)13-19/h3,15-20H,1,4-14H2,2H3. The SMILES string of the molecule is C=CCCc1c(F)cc2c(c1F)CCC(C1CCC3CC(C)CCC3C1)C2. The third kappa shape index (κ3) is 3.87. The molecular weight excluding hydrogens is 338 g/mol. The van der Waals surface area contributed by atoms with Crippen LogP contribution in [0.25, 0.3) is 0 Å². The topological polar surface area (TPSA) is 0 Å². The molecule has 0 aromatic heterocycles. The Balaban J connectivity index is 1.46. The van der Waals surface area contributed by atoms with E-state index in [0.717, 1.165) is 54.1 Å². The maximum atomic E-state index is 14.9. The Bertz CT molecular complexity index is 692. The van der Waals surface area contributed by atoms with Gasteiger partial charge in [-0.15, -0.1) is 6.58 Å². The van der Waals surface area contributed by atoms with E-state index in [-0.39, 0.29) is 17.2 Å². The van der Waals surface area contributed by atoms with Gasteiger partial charge in [-0.2, -0.15) is 0 Å². The Morgan fingerprint density at radius 3 is 2.48 bits per heavy atom. The molecule has 2 saturated carbocycles. The van der Waals surface area contributed by atoms with E-state index in [1.54, 1.807) is 12.1 Å². The summed E-state index contributed by atoms with van der Waals surface area (Å²) >= 11 is 0. The average Bonchev–Trinajstić information content (AvgIpc) is 2.67. The van der Waals surface area contributed by atoms with Crippen molar-refractivity contribution in [1.29, 1.82) is 0 Å². The van der Waals surface area contributed by atoms with E-state index in [0.29, 0.717) is 18.8 Å². The van der Waals surface area contributed by atoms with Crippen LogP contribution >= 0.6 is 0 Å². The summed E-state index contributed by atoms with van der Waals surface area (Å²) in [7, 11) is 0. The number of fused-ring (bicyclic) bond motifs is 2. The van der Waals surface area contributed by atoms with Crippen molar-refractivity contribution in [2.24, 2.45) is 29.6 Å². The molecule has 2 heteroatoms. The summed E-state index contributed by atoms with van der Waals surface area (Å²) in [5, 5.41) is 0. The van der Waals surface area contributed by atoms with Crippen LogP contribution in [0.1, 0.15) is 75.0 Å². The monoisotopic (exact) mass is 372 g/mol. The molecule has 0 nitrogen and oxygen atoms in total. The third-order valence-corrected chi connectivity index (χ3v) is 7.93. The van der Waals surface area contributed by atoms with E-state index in [9.17, 15) is 8.78 Å². The van der Waals surface area contributed by atoms with E-state index < -0.39 is 0 Å². The number of rotatable bonds is 4. The second-order valence-electron chi connectivity index (χ2n) is 9.63. The molecule has 0 amide bonds. The molecule has 1 aromatic rings. The van der Waals surface area contributed by atoms with Crippen molar-refractivity contribution in [3.63, 3.8) is 0 Å². The minimum atomic E-state index is -0.348. The summed E-state index contributed by atoms with van der Waals surface area (Å²) in [5.41, 5.74) is 2.01. The maximum absolute atomic E-state index is 14.9. The minimum Gasteiger partial charge on any atom is -0.207 e. The van der Waals surface area contributed by atoms with Crippen LogP contribution in [0.3, 0.4) is 0 Å². The molecule has 1 aromatic carbocycles. The summed E-state index contributed by atoms with van der Waals surface area (Å²) in [4.78, 5) is 0. The van der Waals surface area contributed by atoms with Gasteiger partial charge in [0.05, 0.1) is 0 Å². The van der Waals surface area contributed by atoms with Gasteiger partial charge in [-0.1, -0.05) is 19.4 Å². The van der Waals surface area contributed by atoms with Gasteiger partial charge in [0.2, 0.25) is 0 Å². The normalized spacial score (nSPS) is 33.2. The Labute approximate surface area is 163 Å². The molecule has 3 aliphatic rings. The first-order chi connectivity index (χ1) is 13.1. The summed E-state index contributed by atoms with van der Waals surface area (Å²) in [6, 6.07) is 1.65. The molecule has 0 heterocycles. The Morgan fingerprint density at radius 1 is 1.00 bits per heavy atom. The van der Waals surface area contributed by atoms with E-state index in [1.165, 1.54) is 38.5 Å². The molecule has 0 N–H and O–H groups in total. The van der Waals surface area contributed by atoms with Crippen LogP contribution in [-0.4, -0.2) is 0 Å². The highest BCUT2D eigenvalue weighted by atomic mass is 19.1. The molecule has 0 radical (unpaired) electrons. The second-order valence-corrected chi connectivity index (χ2v) is 9.63. The highest BCUT2D eigenvalue weighted by Gasteiger charge is 2.38. The highest BCUT2D eigenvalue weighted by Crippen LogP contribution is 2.48.